The molecule has 1 aliphatic rings. The molecular weight excluding hydrogens is 200 g/mol. The van der Waals surface area contributed by atoms with Crippen LogP contribution in [0.4, 0.5) is 8.78 Å². The van der Waals surface area contributed by atoms with Gasteiger partial charge in [-0.3, -0.25) is 10.1 Å². The molecule has 1 aliphatic heterocycles. The second-order valence-corrected chi connectivity index (χ2v) is 4.60. The molecule has 0 saturated carbocycles. The first-order valence-electron chi connectivity index (χ1n) is 5.52. The van der Waals surface area contributed by atoms with Gasteiger partial charge < -0.3 is 0 Å². The highest BCUT2D eigenvalue weighted by atomic mass is 19.3. The summed E-state index contributed by atoms with van der Waals surface area (Å²) in [5.41, 5.74) is -1.03. The molecule has 0 aromatic heterocycles. The Morgan fingerprint density at radius 3 is 2.27 bits per heavy atom. The zero-order chi connectivity index (χ0) is 11.7. The van der Waals surface area contributed by atoms with Crippen molar-refractivity contribution in [1.82, 2.24) is 5.32 Å². The number of ketones is 1. The van der Waals surface area contributed by atoms with Crippen LogP contribution in [0.1, 0.15) is 40.0 Å². The molecule has 4 heteroatoms. The van der Waals surface area contributed by atoms with E-state index in [1.807, 2.05) is 13.8 Å². The zero-order valence-corrected chi connectivity index (χ0v) is 9.57. The van der Waals surface area contributed by atoms with Gasteiger partial charge in [0.2, 0.25) is 0 Å². The molecule has 1 heterocycles. The van der Waals surface area contributed by atoms with Crippen molar-refractivity contribution in [3.8, 4) is 0 Å². The normalized spacial score (nSPS) is 29.7. The Morgan fingerprint density at radius 1 is 1.40 bits per heavy atom. The molecule has 88 valence electrons. The van der Waals surface area contributed by atoms with E-state index >= 15 is 0 Å². The highest BCUT2D eigenvalue weighted by molar-refractivity contribution is 5.90. The molecule has 1 unspecified atom stereocenters. The number of rotatable bonds is 4. The van der Waals surface area contributed by atoms with E-state index in [0.717, 1.165) is 12.8 Å². The van der Waals surface area contributed by atoms with Gasteiger partial charge in [-0.2, -0.15) is 0 Å². The minimum absolute atomic E-state index is 0.0651. The van der Waals surface area contributed by atoms with E-state index in [2.05, 4.69) is 5.32 Å². The molecule has 0 aromatic carbocycles. The first-order valence-corrected chi connectivity index (χ1v) is 5.52. The summed E-state index contributed by atoms with van der Waals surface area (Å²) in [6, 6.07) is 0. The fourth-order valence-electron chi connectivity index (χ4n) is 2.25. The predicted molar refractivity (Wildman–Crippen MR) is 55.1 cm³/mol. The van der Waals surface area contributed by atoms with E-state index in [0.29, 0.717) is 0 Å². The van der Waals surface area contributed by atoms with Crippen molar-refractivity contribution < 1.29 is 13.6 Å². The minimum Gasteiger partial charge on any atom is -0.299 e. The molecular formula is C11H19F2NO. The molecule has 1 fully saturated rings. The molecule has 0 radical (unpaired) electrons. The number of hydrogen-bond donors (Lipinski definition) is 1. The van der Waals surface area contributed by atoms with Crippen molar-refractivity contribution in [3.63, 3.8) is 0 Å². The number of halogens is 2. The van der Waals surface area contributed by atoms with E-state index in [1.54, 1.807) is 6.92 Å². The fourth-order valence-corrected chi connectivity index (χ4v) is 2.25. The topological polar surface area (TPSA) is 29.1 Å². The van der Waals surface area contributed by atoms with Crippen LogP contribution in [-0.4, -0.2) is 23.8 Å². The lowest BCUT2D eigenvalue weighted by molar-refractivity contribution is -0.129. The van der Waals surface area contributed by atoms with Crippen molar-refractivity contribution in [1.29, 1.82) is 0 Å². The standard InChI is InChI=1S/C11H19F2NO/c1-4-8(5-2)9(15)10(3)6-11(12,13)7-14-10/h8,14H,4-7H2,1-3H3. The molecule has 1 saturated heterocycles. The van der Waals surface area contributed by atoms with Crippen LogP contribution in [0.2, 0.25) is 0 Å². The van der Waals surface area contributed by atoms with Gasteiger partial charge in [0.25, 0.3) is 5.92 Å². The molecule has 0 aliphatic carbocycles. The van der Waals surface area contributed by atoms with E-state index in [4.69, 9.17) is 0 Å². The Bertz CT molecular complexity index is 251. The van der Waals surface area contributed by atoms with Crippen LogP contribution < -0.4 is 5.32 Å². The summed E-state index contributed by atoms with van der Waals surface area (Å²) in [6.45, 7) is 5.05. The molecule has 0 amide bonds. The van der Waals surface area contributed by atoms with Gasteiger partial charge in [0.05, 0.1) is 12.1 Å². The molecule has 0 bridgehead atoms. The summed E-state index contributed by atoms with van der Waals surface area (Å²) < 4.78 is 26.1. The Kier molecular flexibility index (Phi) is 3.48. The van der Waals surface area contributed by atoms with E-state index < -0.39 is 11.5 Å². The number of alkyl halides is 2. The molecule has 2 nitrogen and oxygen atoms in total. The van der Waals surface area contributed by atoms with Crippen molar-refractivity contribution in [3.05, 3.63) is 0 Å². The van der Waals surface area contributed by atoms with Crippen molar-refractivity contribution in [2.24, 2.45) is 5.92 Å². The maximum absolute atomic E-state index is 13.1. The molecule has 0 aromatic rings. The fraction of sp³-hybridized carbons (Fsp3) is 0.909. The van der Waals surface area contributed by atoms with Gasteiger partial charge in [0.1, 0.15) is 0 Å². The molecule has 1 atom stereocenters. The Morgan fingerprint density at radius 2 is 1.93 bits per heavy atom. The number of nitrogens with one attached hydrogen (secondary N) is 1. The first kappa shape index (κ1) is 12.6. The number of hydrogen-bond acceptors (Lipinski definition) is 2. The summed E-state index contributed by atoms with van der Waals surface area (Å²) in [7, 11) is 0. The Hall–Kier alpha value is -0.510. The predicted octanol–water partition coefficient (Wildman–Crippen LogP) is 2.38. The third-order valence-electron chi connectivity index (χ3n) is 3.25. The SMILES string of the molecule is CCC(CC)C(=O)C1(C)CC(F)(F)CN1. The summed E-state index contributed by atoms with van der Waals surface area (Å²) in [5.74, 6) is -2.91. The average Bonchev–Trinajstić information content (AvgIpc) is 2.44. The van der Waals surface area contributed by atoms with E-state index in [-0.39, 0.29) is 24.7 Å². The zero-order valence-electron chi connectivity index (χ0n) is 9.57. The number of carbonyl (C=O) groups excluding carboxylic acids is 1. The van der Waals surface area contributed by atoms with Crippen LogP contribution >= 0.6 is 0 Å². The molecule has 1 N–H and O–H groups in total. The van der Waals surface area contributed by atoms with Crippen molar-refractivity contribution in [2.45, 2.75) is 51.5 Å². The third-order valence-corrected chi connectivity index (χ3v) is 3.25. The second-order valence-electron chi connectivity index (χ2n) is 4.60. The third kappa shape index (κ3) is 2.54. The van der Waals surface area contributed by atoms with Gasteiger partial charge in [-0.25, -0.2) is 8.78 Å². The molecule has 0 spiro atoms. The Balaban J connectivity index is 2.75. The van der Waals surface area contributed by atoms with Gasteiger partial charge >= 0.3 is 0 Å². The maximum Gasteiger partial charge on any atom is 0.262 e. The second kappa shape index (κ2) is 4.16. The lowest BCUT2D eigenvalue weighted by atomic mass is 9.83. The highest BCUT2D eigenvalue weighted by Gasteiger charge is 2.51. The number of Topliss-reactive ketones (excluding diaryl/α,β-unsaturated/α-hetero) is 1. The van der Waals surface area contributed by atoms with Crippen LogP contribution in [0, 0.1) is 5.92 Å². The van der Waals surface area contributed by atoms with Crippen molar-refractivity contribution in [2.75, 3.05) is 6.54 Å². The van der Waals surface area contributed by atoms with Gasteiger partial charge in [-0.05, 0) is 19.8 Å². The van der Waals surface area contributed by atoms with E-state index in [1.165, 1.54) is 0 Å². The van der Waals surface area contributed by atoms with Gasteiger partial charge in [0.15, 0.2) is 5.78 Å². The minimum atomic E-state index is -2.74. The summed E-state index contributed by atoms with van der Waals surface area (Å²) in [5, 5.41) is 2.67. The smallest absolute Gasteiger partial charge is 0.262 e. The molecule has 15 heavy (non-hydrogen) atoms. The summed E-state index contributed by atoms with van der Waals surface area (Å²) in [4.78, 5) is 12.0. The Labute approximate surface area is 89.4 Å². The van der Waals surface area contributed by atoms with Gasteiger partial charge in [0, 0.05) is 12.3 Å². The van der Waals surface area contributed by atoms with Crippen LogP contribution in [0.5, 0.6) is 0 Å². The van der Waals surface area contributed by atoms with Gasteiger partial charge in [-0.1, -0.05) is 13.8 Å². The van der Waals surface area contributed by atoms with Gasteiger partial charge in [-0.15, -0.1) is 0 Å². The summed E-state index contributed by atoms with van der Waals surface area (Å²) in [6.07, 6.45) is 1.08. The van der Waals surface area contributed by atoms with Crippen LogP contribution in [0.25, 0.3) is 0 Å². The number of carbonyl (C=O) groups is 1. The monoisotopic (exact) mass is 219 g/mol. The average molecular weight is 219 g/mol. The lowest BCUT2D eigenvalue weighted by Gasteiger charge is -2.26. The van der Waals surface area contributed by atoms with Crippen LogP contribution in [0.15, 0.2) is 0 Å². The largest absolute Gasteiger partial charge is 0.299 e. The van der Waals surface area contributed by atoms with Crippen LogP contribution in [0.3, 0.4) is 0 Å². The highest BCUT2D eigenvalue weighted by Crippen LogP contribution is 2.35. The maximum atomic E-state index is 13.1. The van der Waals surface area contributed by atoms with Crippen LogP contribution in [-0.2, 0) is 4.79 Å². The first-order chi connectivity index (χ1) is 6.84. The van der Waals surface area contributed by atoms with E-state index in [9.17, 15) is 13.6 Å². The quantitative estimate of drug-likeness (QED) is 0.786. The van der Waals surface area contributed by atoms with Crippen molar-refractivity contribution >= 4 is 5.78 Å². The lowest BCUT2D eigenvalue weighted by Crippen LogP contribution is -2.47. The summed E-state index contributed by atoms with van der Waals surface area (Å²) >= 11 is 0. The molecule has 1 rings (SSSR count).